The quantitative estimate of drug-likeness (QED) is 0.700. The van der Waals surface area contributed by atoms with Gasteiger partial charge in [0.05, 0.1) is 5.02 Å². The van der Waals surface area contributed by atoms with E-state index < -0.39 is 0 Å². The first-order chi connectivity index (χ1) is 11.7. The van der Waals surface area contributed by atoms with Crippen LogP contribution in [0.5, 0.6) is 0 Å². The molecule has 128 valence electrons. The van der Waals surface area contributed by atoms with Gasteiger partial charge in [-0.1, -0.05) is 53.7 Å². The summed E-state index contributed by atoms with van der Waals surface area (Å²) in [5, 5.41) is 4.43. The van der Waals surface area contributed by atoms with Crippen molar-refractivity contribution in [2.45, 2.75) is 36.1 Å². The molecule has 0 spiro atoms. The number of hydrogen-bond donors (Lipinski definition) is 1. The van der Waals surface area contributed by atoms with Crippen molar-refractivity contribution in [3.8, 4) is 0 Å². The van der Waals surface area contributed by atoms with Crippen molar-refractivity contribution in [2.75, 3.05) is 26.2 Å². The number of halogens is 1. The first-order valence-electron chi connectivity index (χ1n) is 8.68. The summed E-state index contributed by atoms with van der Waals surface area (Å²) in [6.07, 6.45) is 2.72. The lowest BCUT2D eigenvalue weighted by atomic mass is 10.2. The summed E-state index contributed by atoms with van der Waals surface area (Å²) in [4.78, 5) is 4.98. The van der Waals surface area contributed by atoms with Gasteiger partial charge in [-0.15, -0.1) is 0 Å². The predicted octanol–water partition coefficient (Wildman–Crippen LogP) is 4.99. The van der Waals surface area contributed by atoms with Gasteiger partial charge < -0.3 is 10.2 Å². The lowest BCUT2D eigenvalue weighted by Crippen LogP contribution is -2.29. The zero-order valence-electron chi connectivity index (χ0n) is 14.2. The van der Waals surface area contributed by atoms with Crippen LogP contribution in [0, 0.1) is 6.92 Å². The molecule has 2 aromatic carbocycles. The van der Waals surface area contributed by atoms with Crippen LogP contribution in [0.4, 0.5) is 0 Å². The molecule has 1 aliphatic heterocycles. The summed E-state index contributed by atoms with van der Waals surface area (Å²) in [5.41, 5.74) is 2.56. The van der Waals surface area contributed by atoms with Crippen LogP contribution >= 0.6 is 23.4 Å². The minimum Gasteiger partial charge on any atom is -0.311 e. The molecule has 0 aliphatic carbocycles. The Morgan fingerprint density at radius 2 is 1.88 bits per heavy atom. The first-order valence-corrected chi connectivity index (χ1v) is 9.87. The number of rotatable bonds is 7. The molecule has 0 aromatic heterocycles. The Bertz CT molecular complexity index is 648. The number of nitrogens with one attached hydrogen (secondary N) is 1. The molecular formula is C20H25ClN2S. The van der Waals surface area contributed by atoms with Crippen molar-refractivity contribution in [3.05, 3.63) is 58.6 Å². The summed E-state index contributed by atoms with van der Waals surface area (Å²) in [5.74, 6) is 0. The topological polar surface area (TPSA) is 15.3 Å². The summed E-state index contributed by atoms with van der Waals surface area (Å²) in [6.45, 7) is 7.74. The molecule has 1 saturated heterocycles. The van der Waals surface area contributed by atoms with Gasteiger partial charge in [0.2, 0.25) is 0 Å². The van der Waals surface area contributed by atoms with Gasteiger partial charge in [0.15, 0.2) is 0 Å². The van der Waals surface area contributed by atoms with E-state index in [1.54, 1.807) is 11.8 Å². The zero-order valence-corrected chi connectivity index (χ0v) is 15.8. The maximum absolute atomic E-state index is 6.39. The van der Waals surface area contributed by atoms with Crippen molar-refractivity contribution < 1.29 is 0 Å². The molecule has 0 saturated carbocycles. The largest absolute Gasteiger partial charge is 0.311 e. The first kappa shape index (κ1) is 17.8. The fraction of sp³-hybridized carbons (Fsp3) is 0.400. The standard InChI is InChI=1S/C20H25ClN2S/c1-16-7-6-9-18(21)20(16)24-19-10-3-2-8-17(19)15-22-11-14-23-12-4-5-13-23/h2-3,6-10,22H,4-5,11-15H2,1H3. The van der Waals surface area contributed by atoms with Crippen molar-refractivity contribution >= 4 is 23.4 Å². The summed E-state index contributed by atoms with van der Waals surface area (Å²) >= 11 is 8.16. The van der Waals surface area contributed by atoms with E-state index in [1.165, 1.54) is 42.0 Å². The molecule has 0 bridgehead atoms. The summed E-state index contributed by atoms with van der Waals surface area (Å²) in [7, 11) is 0. The molecule has 0 unspecified atom stereocenters. The van der Waals surface area contributed by atoms with Gasteiger partial charge in [-0.3, -0.25) is 0 Å². The van der Waals surface area contributed by atoms with Crippen LogP contribution in [0.25, 0.3) is 0 Å². The van der Waals surface area contributed by atoms with Crippen molar-refractivity contribution in [1.29, 1.82) is 0 Å². The van der Waals surface area contributed by atoms with Gasteiger partial charge in [-0.25, -0.2) is 0 Å². The molecule has 3 rings (SSSR count). The van der Waals surface area contributed by atoms with Gasteiger partial charge in [0.1, 0.15) is 0 Å². The van der Waals surface area contributed by atoms with Crippen molar-refractivity contribution in [1.82, 2.24) is 10.2 Å². The minimum absolute atomic E-state index is 0.830. The van der Waals surface area contributed by atoms with Gasteiger partial charge in [0.25, 0.3) is 0 Å². The van der Waals surface area contributed by atoms with E-state index in [9.17, 15) is 0 Å². The molecule has 24 heavy (non-hydrogen) atoms. The Morgan fingerprint density at radius 3 is 2.67 bits per heavy atom. The zero-order chi connectivity index (χ0) is 16.8. The second-order valence-electron chi connectivity index (χ2n) is 6.32. The highest BCUT2D eigenvalue weighted by molar-refractivity contribution is 7.99. The van der Waals surface area contributed by atoms with E-state index in [0.29, 0.717) is 0 Å². The normalized spacial score (nSPS) is 15.1. The Labute approximate surface area is 154 Å². The Hall–Kier alpha value is -1.00. The minimum atomic E-state index is 0.830. The molecule has 4 heteroatoms. The summed E-state index contributed by atoms with van der Waals surface area (Å²) < 4.78 is 0. The average molecular weight is 361 g/mol. The molecule has 2 aromatic rings. The van der Waals surface area contributed by atoms with E-state index >= 15 is 0 Å². The predicted molar refractivity (Wildman–Crippen MR) is 104 cm³/mol. The van der Waals surface area contributed by atoms with Crippen LogP contribution in [-0.2, 0) is 6.54 Å². The number of hydrogen-bond acceptors (Lipinski definition) is 3. The van der Waals surface area contributed by atoms with Crippen LogP contribution in [-0.4, -0.2) is 31.1 Å². The molecule has 1 aliphatic rings. The van der Waals surface area contributed by atoms with Crippen LogP contribution in [0.1, 0.15) is 24.0 Å². The fourth-order valence-corrected chi connectivity index (χ4v) is 4.44. The van der Waals surface area contributed by atoms with Gasteiger partial charge in [-0.2, -0.15) is 0 Å². The second-order valence-corrected chi connectivity index (χ2v) is 7.78. The Balaban J connectivity index is 1.60. The molecular weight excluding hydrogens is 336 g/mol. The summed E-state index contributed by atoms with van der Waals surface area (Å²) in [6, 6.07) is 14.7. The Morgan fingerprint density at radius 1 is 1.08 bits per heavy atom. The Kier molecular flexibility index (Phi) is 6.61. The third-order valence-electron chi connectivity index (χ3n) is 4.47. The maximum atomic E-state index is 6.39. The van der Waals surface area contributed by atoms with Crippen molar-refractivity contribution in [2.24, 2.45) is 0 Å². The molecule has 1 heterocycles. The van der Waals surface area contributed by atoms with Gasteiger partial charge >= 0.3 is 0 Å². The number of nitrogens with zero attached hydrogens (tertiary/aromatic N) is 1. The van der Waals surface area contributed by atoms with E-state index in [4.69, 9.17) is 11.6 Å². The number of likely N-dealkylation sites (tertiary alicyclic amines) is 1. The lowest BCUT2D eigenvalue weighted by Gasteiger charge is -2.16. The van der Waals surface area contributed by atoms with E-state index in [0.717, 1.165) is 29.6 Å². The van der Waals surface area contributed by atoms with Gasteiger partial charge in [-0.05, 0) is 56.1 Å². The fourth-order valence-electron chi connectivity index (χ4n) is 3.07. The van der Waals surface area contributed by atoms with E-state index in [1.807, 2.05) is 12.1 Å². The third-order valence-corrected chi connectivity index (χ3v) is 6.26. The lowest BCUT2D eigenvalue weighted by molar-refractivity contribution is 0.335. The molecule has 2 nitrogen and oxygen atoms in total. The smallest absolute Gasteiger partial charge is 0.0548 e. The maximum Gasteiger partial charge on any atom is 0.0548 e. The van der Waals surface area contributed by atoms with Crippen LogP contribution in [0.3, 0.4) is 0 Å². The second kappa shape index (κ2) is 8.91. The van der Waals surface area contributed by atoms with E-state index in [2.05, 4.69) is 47.5 Å². The molecule has 1 fully saturated rings. The molecule has 0 amide bonds. The van der Waals surface area contributed by atoms with Gasteiger partial charge in [0, 0.05) is 29.4 Å². The number of aryl methyl sites for hydroxylation is 1. The monoisotopic (exact) mass is 360 g/mol. The highest BCUT2D eigenvalue weighted by atomic mass is 35.5. The molecule has 1 N–H and O–H groups in total. The molecule has 0 radical (unpaired) electrons. The van der Waals surface area contributed by atoms with Crippen molar-refractivity contribution in [3.63, 3.8) is 0 Å². The van der Waals surface area contributed by atoms with E-state index in [-0.39, 0.29) is 0 Å². The SMILES string of the molecule is Cc1cccc(Cl)c1Sc1ccccc1CNCCN1CCCC1. The molecule has 0 atom stereocenters. The number of benzene rings is 2. The highest BCUT2D eigenvalue weighted by Crippen LogP contribution is 2.37. The highest BCUT2D eigenvalue weighted by Gasteiger charge is 2.11. The average Bonchev–Trinajstić information content (AvgIpc) is 3.10. The van der Waals surface area contributed by atoms with Crippen LogP contribution in [0.15, 0.2) is 52.3 Å². The van der Waals surface area contributed by atoms with Crippen LogP contribution < -0.4 is 5.32 Å². The van der Waals surface area contributed by atoms with Crippen LogP contribution in [0.2, 0.25) is 5.02 Å². The third kappa shape index (κ3) is 4.76.